The molecule has 2 heterocycles. The van der Waals surface area contributed by atoms with Gasteiger partial charge in [0.05, 0.1) is 16.5 Å². The summed E-state index contributed by atoms with van der Waals surface area (Å²) in [4.78, 5) is 36.6. The van der Waals surface area contributed by atoms with Gasteiger partial charge < -0.3 is 9.32 Å². The fourth-order valence-corrected chi connectivity index (χ4v) is 3.44. The minimum absolute atomic E-state index is 0.121. The summed E-state index contributed by atoms with van der Waals surface area (Å²) in [6.45, 7) is 4.17. The lowest BCUT2D eigenvalue weighted by molar-refractivity contribution is -0.384. The Kier molecular flexibility index (Phi) is 5.39. The normalized spacial score (nSPS) is 18.0. The third kappa shape index (κ3) is 3.95. The lowest BCUT2D eigenvalue weighted by Gasteiger charge is -2.20. The van der Waals surface area contributed by atoms with E-state index in [2.05, 4.69) is 6.92 Å². The molecule has 0 aliphatic carbocycles. The van der Waals surface area contributed by atoms with E-state index in [1.54, 1.807) is 0 Å². The number of oxazole rings is 1. The van der Waals surface area contributed by atoms with Crippen LogP contribution in [0, 0.1) is 16.0 Å². The Bertz CT molecular complexity index is 869. The SMILES string of the molecule is C[C@@H]1CCCN(C(=O)CCCn2c(=O)oc3cc([N+](=O)[O-])ccc32)CC1. The molecular formula is C18H23N3O5. The van der Waals surface area contributed by atoms with E-state index in [1.807, 2.05) is 4.90 Å². The van der Waals surface area contributed by atoms with Crippen molar-refractivity contribution in [1.29, 1.82) is 0 Å². The Labute approximate surface area is 150 Å². The average Bonchev–Trinajstić information content (AvgIpc) is 2.76. The molecule has 0 radical (unpaired) electrons. The van der Waals surface area contributed by atoms with Crippen molar-refractivity contribution in [2.24, 2.45) is 5.92 Å². The number of carbonyl (C=O) groups excluding carboxylic acids is 1. The Morgan fingerprint density at radius 1 is 1.35 bits per heavy atom. The van der Waals surface area contributed by atoms with Gasteiger partial charge >= 0.3 is 5.76 Å². The first-order valence-electron chi connectivity index (χ1n) is 9.01. The van der Waals surface area contributed by atoms with Crippen LogP contribution in [0.25, 0.3) is 11.1 Å². The number of amides is 1. The Morgan fingerprint density at radius 2 is 2.15 bits per heavy atom. The Hall–Kier alpha value is -2.64. The molecule has 1 aromatic heterocycles. The molecule has 1 fully saturated rings. The van der Waals surface area contributed by atoms with Crippen molar-refractivity contribution >= 4 is 22.7 Å². The second kappa shape index (κ2) is 7.72. The predicted molar refractivity (Wildman–Crippen MR) is 96.0 cm³/mol. The molecule has 8 nitrogen and oxygen atoms in total. The van der Waals surface area contributed by atoms with Gasteiger partial charge in [-0.2, -0.15) is 0 Å². The minimum atomic E-state index is -0.559. The van der Waals surface area contributed by atoms with Gasteiger partial charge in [-0.3, -0.25) is 19.5 Å². The molecule has 0 saturated carbocycles. The van der Waals surface area contributed by atoms with Gasteiger partial charge in [-0.25, -0.2) is 4.79 Å². The molecule has 0 bridgehead atoms. The molecule has 1 aliphatic heterocycles. The van der Waals surface area contributed by atoms with Gasteiger partial charge in [0.2, 0.25) is 5.91 Å². The van der Waals surface area contributed by atoms with Crippen LogP contribution >= 0.6 is 0 Å². The van der Waals surface area contributed by atoms with Crippen LogP contribution in [0.5, 0.6) is 0 Å². The van der Waals surface area contributed by atoms with E-state index in [-0.39, 0.29) is 17.2 Å². The maximum atomic E-state index is 12.4. The highest BCUT2D eigenvalue weighted by Gasteiger charge is 2.19. The number of nitro groups is 1. The Balaban J connectivity index is 1.63. The molecule has 1 aliphatic rings. The number of hydrogen-bond donors (Lipinski definition) is 0. The number of fused-ring (bicyclic) bond motifs is 1. The topological polar surface area (TPSA) is 98.6 Å². The van der Waals surface area contributed by atoms with E-state index in [1.165, 1.54) is 22.8 Å². The van der Waals surface area contributed by atoms with E-state index < -0.39 is 10.7 Å². The summed E-state index contributed by atoms with van der Waals surface area (Å²) >= 11 is 0. The molecule has 26 heavy (non-hydrogen) atoms. The van der Waals surface area contributed by atoms with E-state index in [4.69, 9.17) is 4.42 Å². The van der Waals surface area contributed by atoms with Crippen LogP contribution in [-0.4, -0.2) is 33.4 Å². The summed E-state index contributed by atoms with van der Waals surface area (Å²) < 4.78 is 6.53. The van der Waals surface area contributed by atoms with Crippen LogP contribution in [0.1, 0.15) is 39.0 Å². The standard InChI is InChI=1S/C18H23N3O5/c1-13-4-2-9-19(11-8-13)17(22)5-3-10-20-15-7-6-14(21(24)25)12-16(15)26-18(20)23/h6-7,12-13H,2-5,8-11H2,1H3/t13-/m1/s1. The summed E-state index contributed by atoms with van der Waals surface area (Å²) in [5.41, 5.74) is 0.581. The first-order chi connectivity index (χ1) is 12.5. The number of likely N-dealkylation sites (tertiary alicyclic amines) is 1. The molecular weight excluding hydrogens is 338 g/mol. The first-order valence-corrected chi connectivity index (χ1v) is 9.01. The van der Waals surface area contributed by atoms with Crippen molar-refractivity contribution in [2.75, 3.05) is 13.1 Å². The zero-order valence-electron chi connectivity index (χ0n) is 14.8. The molecule has 1 atom stereocenters. The van der Waals surface area contributed by atoms with Crippen molar-refractivity contribution < 1.29 is 14.1 Å². The number of non-ortho nitro benzene ring substituents is 1. The fraction of sp³-hybridized carbons (Fsp3) is 0.556. The maximum Gasteiger partial charge on any atom is 0.419 e. The second-order valence-corrected chi connectivity index (χ2v) is 6.95. The predicted octanol–water partition coefficient (Wildman–Crippen LogP) is 2.93. The number of benzene rings is 1. The molecule has 8 heteroatoms. The molecule has 1 aromatic carbocycles. The number of aromatic nitrogens is 1. The zero-order valence-corrected chi connectivity index (χ0v) is 14.8. The first kappa shape index (κ1) is 18.2. The van der Waals surface area contributed by atoms with Crippen LogP contribution < -0.4 is 5.76 Å². The summed E-state index contributed by atoms with van der Waals surface area (Å²) in [6, 6.07) is 4.10. The molecule has 3 rings (SSSR count). The number of nitro benzene ring substituents is 1. The van der Waals surface area contributed by atoms with Crippen LogP contribution in [0.15, 0.2) is 27.4 Å². The van der Waals surface area contributed by atoms with Crippen LogP contribution in [-0.2, 0) is 11.3 Å². The number of rotatable bonds is 5. The molecule has 1 amide bonds. The van der Waals surface area contributed by atoms with Gasteiger partial charge in [-0.15, -0.1) is 0 Å². The van der Waals surface area contributed by atoms with E-state index in [9.17, 15) is 19.7 Å². The molecule has 140 valence electrons. The highest BCUT2D eigenvalue weighted by Crippen LogP contribution is 2.21. The van der Waals surface area contributed by atoms with Crippen molar-refractivity contribution in [3.05, 3.63) is 38.9 Å². The van der Waals surface area contributed by atoms with Crippen LogP contribution in [0.3, 0.4) is 0 Å². The number of hydrogen-bond acceptors (Lipinski definition) is 5. The van der Waals surface area contributed by atoms with Gasteiger partial charge in [0, 0.05) is 32.1 Å². The van der Waals surface area contributed by atoms with Crippen LogP contribution in [0.4, 0.5) is 5.69 Å². The van der Waals surface area contributed by atoms with Crippen molar-refractivity contribution in [3.8, 4) is 0 Å². The van der Waals surface area contributed by atoms with Crippen LogP contribution in [0.2, 0.25) is 0 Å². The highest BCUT2D eigenvalue weighted by atomic mass is 16.6. The summed E-state index contributed by atoms with van der Waals surface area (Å²) in [5, 5.41) is 10.8. The van der Waals surface area contributed by atoms with Gasteiger partial charge in [-0.1, -0.05) is 6.92 Å². The largest absolute Gasteiger partial charge is 0.419 e. The Morgan fingerprint density at radius 3 is 2.92 bits per heavy atom. The van der Waals surface area contributed by atoms with E-state index >= 15 is 0 Å². The van der Waals surface area contributed by atoms with Gasteiger partial charge in [-0.05, 0) is 37.7 Å². The number of nitrogens with zero attached hydrogens (tertiary/aromatic N) is 3. The van der Waals surface area contributed by atoms with Crippen molar-refractivity contribution in [3.63, 3.8) is 0 Å². The van der Waals surface area contributed by atoms with E-state index in [0.717, 1.165) is 32.4 Å². The molecule has 0 N–H and O–H groups in total. The van der Waals surface area contributed by atoms with Gasteiger partial charge in [0.25, 0.3) is 5.69 Å². The lowest BCUT2D eigenvalue weighted by atomic mass is 10.0. The average molecular weight is 361 g/mol. The monoisotopic (exact) mass is 361 g/mol. The van der Waals surface area contributed by atoms with E-state index in [0.29, 0.717) is 30.8 Å². The minimum Gasteiger partial charge on any atom is -0.407 e. The zero-order chi connectivity index (χ0) is 18.7. The maximum absolute atomic E-state index is 12.4. The quantitative estimate of drug-likeness (QED) is 0.602. The van der Waals surface area contributed by atoms with Gasteiger partial charge in [0.1, 0.15) is 0 Å². The highest BCUT2D eigenvalue weighted by molar-refractivity contribution is 5.77. The molecule has 0 unspecified atom stereocenters. The summed E-state index contributed by atoms with van der Waals surface area (Å²) in [6.07, 6.45) is 4.14. The third-order valence-electron chi connectivity index (χ3n) is 5.00. The smallest absolute Gasteiger partial charge is 0.407 e. The molecule has 0 spiro atoms. The second-order valence-electron chi connectivity index (χ2n) is 6.95. The van der Waals surface area contributed by atoms with Crippen molar-refractivity contribution in [2.45, 2.75) is 45.6 Å². The molecule has 2 aromatic rings. The third-order valence-corrected chi connectivity index (χ3v) is 5.00. The molecule has 1 saturated heterocycles. The lowest BCUT2D eigenvalue weighted by Crippen LogP contribution is -2.32. The fourth-order valence-electron chi connectivity index (χ4n) is 3.44. The summed E-state index contributed by atoms with van der Waals surface area (Å²) in [7, 11) is 0. The van der Waals surface area contributed by atoms with Crippen molar-refractivity contribution in [1.82, 2.24) is 9.47 Å². The number of carbonyl (C=O) groups is 1. The van der Waals surface area contributed by atoms with Gasteiger partial charge in [0.15, 0.2) is 5.58 Å². The summed E-state index contributed by atoms with van der Waals surface area (Å²) in [5.74, 6) is 0.222. The number of aryl methyl sites for hydroxylation is 1.